The van der Waals surface area contributed by atoms with Gasteiger partial charge in [-0.25, -0.2) is 0 Å². The normalized spacial score (nSPS) is 32.6. The van der Waals surface area contributed by atoms with Crippen LogP contribution < -0.4 is 11.1 Å². The van der Waals surface area contributed by atoms with E-state index in [2.05, 4.69) is 19.2 Å². The second-order valence-corrected chi connectivity index (χ2v) is 7.14. The zero-order chi connectivity index (χ0) is 14.1. The zero-order valence-electron chi connectivity index (χ0n) is 12.1. The SMILES string of the molecule is CCC1(CNC(=O)C2(C(N)=S)CC(C)C2)CCCC1. The highest BCUT2D eigenvalue weighted by Gasteiger charge is 2.51. The number of amides is 1. The van der Waals surface area contributed by atoms with Gasteiger partial charge in [-0.05, 0) is 43.4 Å². The van der Waals surface area contributed by atoms with Crippen molar-refractivity contribution >= 4 is 23.1 Å². The Labute approximate surface area is 121 Å². The quantitative estimate of drug-likeness (QED) is 0.762. The van der Waals surface area contributed by atoms with Crippen molar-refractivity contribution in [3.8, 4) is 0 Å². The Hall–Kier alpha value is -0.640. The Balaban J connectivity index is 1.95. The summed E-state index contributed by atoms with van der Waals surface area (Å²) in [6.07, 6.45) is 7.83. The maximum Gasteiger partial charge on any atom is 0.233 e. The molecule has 0 unspecified atom stereocenters. The van der Waals surface area contributed by atoms with Gasteiger partial charge in [-0.3, -0.25) is 4.79 Å². The molecular weight excluding hydrogens is 256 g/mol. The molecule has 0 bridgehead atoms. The van der Waals surface area contributed by atoms with Gasteiger partial charge >= 0.3 is 0 Å². The summed E-state index contributed by atoms with van der Waals surface area (Å²) in [7, 11) is 0. The third-order valence-electron chi connectivity index (χ3n) is 5.34. The third-order valence-corrected chi connectivity index (χ3v) is 5.73. The Morgan fingerprint density at radius 3 is 2.37 bits per heavy atom. The highest BCUT2D eigenvalue weighted by Crippen LogP contribution is 2.46. The van der Waals surface area contributed by atoms with E-state index in [1.807, 2.05) is 0 Å². The number of carbonyl (C=O) groups is 1. The fourth-order valence-corrected chi connectivity index (χ4v) is 4.11. The number of nitrogens with one attached hydrogen (secondary N) is 1. The number of carbonyl (C=O) groups excluding carboxylic acids is 1. The lowest BCUT2D eigenvalue weighted by atomic mass is 9.62. The van der Waals surface area contributed by atoms with E-state index >= 15 is 0 Å². The van der Waals surface area contributed by atoms with Gasteiger partial charge in [0.1, 0.15) is 0 Å². The van der Waals surface area contributed by atoms with E-state index in [0.717, 1.165) is 25.8 Å². The van der Waals surface area contributed by atoms with E-state index in [9.17, 15) is 4.79 Å². The fraction of sp³-hybridized carbons (Fsp3) is 0.867. The molecule has 0 heterocycles. The van der Waals surface area contributed by atoms with E-state index in [0.29, 0.717) is 16.3 Å². The lowest BCUT2D eigenvalue weighted by molar-refractivity contribution is -0.133. The zero-order valence-corrected chi connectivity index (χ0v) is 12.9. The molecule has 0 aromatic heterocycles. The number of thiocarbonyl (C=S) groups is 1. The standard InChI is InChI=1S/C15H26N2OS/c1-3-14(6-4-5-7-14)10-17-13(18)15(12(16)19)8-11(2)9-15/h11H,3-10H2,1-2H3,(H2,16,19)(H,17,18). The van der Waals surface area contributed by atoms with Gasteiger partial charge in [-0.15, -0.1) is 0 Å². The Morgan fingerprint density at radius 1 is 1.37 bits per heavy atom. The van der Waals surface area contributed by atoms with Crippen molar-refractivity contribution in [1.82, 2.24) is 5.32 Å². The predicted octanol–water partition coefficient (Wildman–Crippen LogP) is 2.78. The first-order chi connectivity index (χ1) is 8.94. The summed E-state index contributed by atoms with van der Waals surface area (Å²) < 4.78 is 0. The average molecular weight is 282 g/mol. The molecule has 2 rings (SSSR count). The van der Waals surface area contributed by atoms with Crippen LogP contribution in [0.25, 0.3) is 0 Å². The molecule has 0 radical (unpaired) electrons. The highest BCUT2D eigenvalue weighted by atomic mass is 32.1. The van der Waals surface area contributed by atoms with E-state index < -0.39 is 5.41 Å². The summed E-state index contributed by atoms with van der Waals surface area (Å²) in [4.78, 5) is 12.8. The largest absolute Gasteiger partial charge is 0.392 e. The molecular formula is C15H26N2OS. The molecule has 3 nitrogen and oxygen atoms in total. The lowest BCUT2D eigenvalue weighted by Crippen LogP contribution is -2.57. The number of hydrogen-bond acceptors (Lipinski definition) is 2. The van der Waals surface area contributed by atoms with E-state index in [-0.39, 0.29) is 5.91 Å². The van der Waals surface area contributed by atoms with Crippen LogP contribution in [-0.2, 0) is 4.79 Å². The van der Waals surface area contributed by atoms with Gasteiger partial charge < -0.3 is 11.1 Å². The minimum Gasteiger partial charge on any atom is -0.392 e. The van der Waals surface area contributed by atoms with Crippen LogP contribution >= 0.6 is 12.2 Å². The van der Waals surface area contributed by atoms with Crippen LogP contribution in [-0.4, -0.2) is 17.4 Å². The fourth-order valence-electron chi connectivity index (χ4n) is 3.85. The average Bonchev–Trinajstić information content (AvgIpc) is 2.81. The first-order valence-electron chi connectivity index (χ1n) is 7.52. The van der Waals surface area contributed by atoms with Gasteiger partial charge in [-0.2, -0.15) is 0 Å². The maximum atomic E-state index is 12.5. The summed E-state index contributed by atoms with van der Waals surface area (Å²) in [5, 5.41) is 3.15. The number of nitrogens with two attached hydrogens (primary N) is 1. The van der Waals surface area contributed by atoms with Crippen LogP contribution in [0.1, 0.15) is 58.8 Å². The molecule has 0 aromatic rings. The van der Waals surface area contributed by atoms with Crippen molar-refractivity contribution in [3.63, 3.8) is 0 Å². The van der Waals surface area contributed by atoms with Crippen molar-refractivity contribution in [2.24, 2.45) is 22.5 Å². The first kappa shape index (κ1) is 14.8. The predicted molar refractivity (Wildman–Crippen MR) is 81.8 cm³/mol. The molecule has 0 aliphatic heterocycles. The van der Waals surface area contributed by atoms with Gasteiger partial charge in [-0.1, -0.05) is 38.9 Å². The van der Waals surface area contributed by atoms with Crippen molar-refractivity contribution < 1.29 is 4.79 Å². The van der Waals surface area contributed by atoms with Crippen molar-refractivity contribution in [2.75, 3.05) is 6.54 Å². The molecule has 0 atom stereocenters. The molecule has 2 fully saturated rings. The van der Waals surface area contributed by atoms with Crippen molar-refractivity contribution in [2.45, 2.75) is 58.8 Å². The van der Waals surface area contributed by atoms with E-state index in [1.165, 1.54) is 25.7 Å². The number of rotatable bonds is 5. The summed E-state index contributed by atoms with van der Waals surface area (Å²) >= 11 is 5.13. The summed E-state index contributed by atoms with van der Waals surface area (Å²) in [6, 6.07) is 0. The smallest absolute Gasteiger partial charge is 0.233 e. The molecule has 2 saturated carbocycles. The molecule has 2 aliphatic rings. The molecule has 0 spiro atoms. The molecule has 0 saturated heterocycles. The molecule has 1 amide bonds. The lowest BCUT2D eigenvalue weighted by Gasteiger charge is -2.44. The second-order valence-electron chi connectivity index (χ2n) is 6.70. The minimum absolute atomic E-state index is 0.0674. The topological polar surface area (TPSA) is 55.1 Å². The second kappa shape index (κ2) is 5.39. The van der Waals surface area contributed by atoms with Gasteiger partial charge in [0.2, 0.25) is 5.91 Å². The minimum atomic E-state index is -0.553. The Morgan fingerprint density at radius 2 is 1.95 bits per heavy atom. The van der Waals surface area contributed by atoms with Gasteiger partial charge in [0, 0.05) is 6.54 Å². The maximum absolute atomic E-state index is 12.5. The van der Waals surface area contributed by atoms with Gasteiger partial charge in [0.15, 0.2) is 0 Å². The van der Waals surface area contributed by atoms with Gasteiger partial charge in [0.05, 0.1) is 10.4 Å². The molecule has 0 aromatic carbocycles. The molecule has 3 N–H and O–H groups in total. The summed E-state index contributed by atoms with van der Waals surface area (Å²) in [5.74, 6) is 0.622. The van der Waals surface area contributed by atoms with Crippen LogP contribution in [0, 0.1) is 16.7 Å². The van der Waals surface area contributed by atoms with Crippen LogP contribution in [0.2, 0.25) is 0 Å². The van der Waals surface area contributed by atoms with Crippen LogP contribution in [0.5, 0.6) is 0 Å². The van der Waals surface area contributed by atoms with Crippen LogP contribution in [0.4, 0.5) is 0 Å². The molecule has 108 valence electrons. The number of hydrogen-bond donors (Lipinski definition) is 2. The molecule has 19 heavy (non-hydrogen) atoms. The molecule has 4 heteroatoms. The van der Waals surface area contributed by atoms with Crippen molar-refractivity contribution in [3.05, 3.63) is 0 Å². The van der Waals surface area contributed by atoms with E-state index in [4.69, 9.17) is 18.0 Å². The first-order valence-corrected chi connectivity index (χ1v) is 7.93. The van der Waals surface area contributed by atoms with E-state index in [1.54, 1.807) is 0 Å². The Kier molecular flexibility index (Phi) is 4.19. The van der Waals surface area contributed by atoms with Crippen LogP contribution in [0.3, 0.4) is 0 Å². The Bertz CT molecular complexity index is 368. The summed E-state index contributed by atoms with van der Waals surface area (Å²) in [5.41, 5.74) is 5.58. The third kappa shape index (κ3) is 2.64. The van der Waals surface area contributed by atoms with Crippen molar-refractivity contribution in [1.29, 1.82) is 0 Å². The molecule has 2 aliphatic carbocycles. The monoisotopic (exact) mass is 282 g/mol. The van der Waals surface area contributed by atoms with Gasteiger partial charge in [0.25, 0.3) is 0 Å². The summed E-state index contributed by atoms with van der Waals surface area (Å²) in [6.45, 7) is 5.17. The van der Waals surface area contributed by atoms with Crippen LogP contribution in [0.15, 0.2) is 0 Å². The highest BCUT2D eigenvalue weighted by molar-refractivity contribution is 7.80.